The molecule has 0 saturated carbocycles. The summed E-state index contributed by atoms with van der Waals surface area (Å²) in [6.07, 6.45) is 1.23. The lowest BCUT2D eigenvalue weighted by Crippen LogP contribution is -2.14. The van der Waals surface area contributed by atoms with E-state index in [1.54, 1.807) is 0 Å². The predicted octanol–water partition coefficient (Wildman–Crippen LogP) is 2.83. The number of pyridine rings is 1. The summed E-state index contributed by atoms with van der Waals surface area (Å²) in [5.74, 6) is -1.43. The third kappa shape index (κ3) is 2.61. The number of aromatic nitrogens is 2. The summed E-state index contributed by atoms with van der Waals surface area (Å²) in [5.41, 5.74) is 0.447. The molecule has 7 nitrogen and oxygen atoms in total. The Kier molecular flexibility index (Phi) is 3.44. The molecule has 0 aliphatic carbocycles. The molecule has 25 heavy (non-hydrogen) atoms. The number of nitrogens with zero attached hydrogens (tertiary/aromatic N) is 1. The summed E-state index contributed by atoms with van der Waals surface area (Å²) in [6.45, 7) is -0.0347. The predicted molar refractivity (Wildman–Crippen MR) is 87.4 cm³/mol. The van der Waals surface area contributed by atoms with E-state index >= 15 is 0 Å². The number of carbonyl (C=O) groups is 1. The van der Waals surface area contributed by atoms with Crippen LogP contribution in [0.2, 0.25) is 5.15 Å². The first-order valence-corrected chi connectivity index (χ1v) is 8.87. The van der Waals surface area contributed by atoms with Crippen LogP contribution >= 0.6 is 11.6 Å². The van der Waals surface area contributed by atoms with Crippen molar-refractivity contribution >= 4 is 44.3 Å². The molecule has 1 aliphatic rings. The Morgan fingerprint density at radius 1 is 1.32 bits per heavy atom. The number of esters is 1. The lowest BCUT2D eigenvalue weighted by molar-refractivity contribution is 0.0535. The minimum Gasteiger partial charge on any atom is -0.457 e. The number of rotatable bonds is 3. The van der Waals surface area contributed by atoms with Crippen molar-refractivity contribution in [1.29, 1.82) is 0 Å². The zero-order valence-electron chi connectivity index (χ0n) is 12.3. The van der Waals surface area contributed by atoms with E-state index in [-0.39, 0.29) is 33.6 Å². The smallest absolute Gasteiger partial charge is 0.338 e. The molecule has 0 fully saturated rings. The Hall–Kier alpha value is -2.65. The number of carbonyl (C=O) groups excluding carboxylic acids is 1. The number of fused-ring (bicyclic) bond motifs is 2. The Balaban J connectivity index is 1.77. The van der Waals surface area contributed by atoms with Gasteiger partial charge in [-0.05, 0) is 24.3 Å². The lowest BCUT2D eigenvalue weighted by Gasteiger charge is -2.09. The molecule has 2 aromatic heterocycles. The maximum atomic E-state index is 14.2. The van der Waals surface area contributed by atoms with Crippen LogP contribution in [0.25, 0.3) is 11.0 Å². The maximum absolute atomic E-state index is 14.2. The third-order valence-corrected chi connectivity index (χ3v) is 5.39. The Morgan fingerprint density at radius 3 is 2.92 bits per heavy atom. The molecule has 4 rings (SSSR count). The van der Waals surface area contributed by atoms with E-state index in [4.69, 9.17) is 16.3 Å². The minimum atomic E-state index is -4.12. The van der Waals surface area contributed by atoms with Crippen LogP contribution < -0.4 is 4.72 Å². The lowest BCUT2D eigenvalue weighted by atomic mass is 10.1. The van der Waals surface area contributed by atoms with Gasteiger partial charge in [0.15, 0.2) is 0 Å². The second-order valence-electron chi connectivity index (χ2n) is 5.35. The first-order valence-electron chi connectivity index (χ1n) is 7.01. The van der Waals surface area contributed by atoms with Gasteiger partial charge < -0.3 is 9.72 Å². The number of anilines is 1. The van der Waals surface area contributed by atoms with Crippen molar-refractivity contribution in [3.63, 3.8) is 0 Å². The molecule has 0 unspecified atom stereocenters. The molecule has 3 heterocycles. The molecular weight excluding hydrogens is 373 g/mol. The van der Waals surface area contributed by atoms with Crippen LogP contribution in [0.15, 0.2) is 35.4 Å². The van der Waals surface area contributed by atoms with Crippen molar-refractivity contribution in [3.8, 4) is 0 Å². The number of hydrogen-bond donors (Lipinski definition) is 2. The van der Waals surface area contributed by atoms with Gasteiger partial charge in [-0.1, -0.05) is 11.6 Å². The Bertz CT molecular complexity index is 1140. The number of ether oxygens (including phenoxy) is 1. The van der Waals surface area contributed by atoms with Gasteiger partial charge in [0.25, 0.3) is 10.0 Å². The number of nitrogens with one attached hydrogen (secondary N) is 2. The molecule has 0 bridgehead atoms. The van der Waals surface area contributed by atoms with E-state index in [0.29, 0.717) is 10.9 Å². The van der Waals surface area contributed by atoms with Crippen molar-refractivity contribution in [3.05, 3.63) is 52.6 Å². The molecular formula is C15H9ClFN3O4S. The number of cyclic esters (lactones) is 1. The summed E-state index contributed by atoms with van der Waals surface area (Å²) >= 11 is 5.77. The molecule has 1 aromatic carbocycles. The number of benzene rings is 1. The maximum Gasteiger partial charge on any atom is 0.338 e. The Morgan fingerprint density at radius 2 is 2.12 bits per heavy atom. The van der Waals surface area contributed by atoms with Gasteiger partial charge in [0.1, 0.15) is 28.1 Å². The number of sulfonamides is 1. The van der Waals surface area contributed by atoms with Crippen molar-refractivity contribution < 1.29 is 22.3 Å². The number of hydrogen-bond acceptors (Lipinski definition) is 5. The van der Waals surface area contributed by atoms with Gasteiger partial charge in [-0.3, -0.25) is 4.72 Å². The van der Waals surface area contributed by atoms with Crippen molar-refractivity contribution in [2.45, 2.75) is 11.5 Å². The zero-order chi connectivity index (χ0) is 17.8. The van der Waals surface area contributed by atoms with Gasteiger partial charge in [-0.2, -0.15) is 0 Å². The van der Waals surface area contributed by atoms with Crippen LogP contribution in [0.1, 0.15) is 15.9 Å². The first kappa shape index (κ1) is 15.9. The molecule has 0 spiro atoms. The van der Waals surface area contributed by atoms with Crippen molar-refractivity contribution in [2.75, 3.05) is 4.72 Å². The quantitative estimate of drug-likeness (QED) is 0.536. The average molecular weight is 382 g/mol. The minimum absolute atomic E-state index is 0.0347. The average Bonchev–Trinajstić information content (AvgIpc) is 3.12. The highest BCUT2D eigenvalue weighted by molar-refractivity contribution is 7.93. The Labute approximate surface area is 145 Å². The number of halogens is 2. The fourth-order valence-electron chi connectivity index (χ4n) is 2.60. The second kappa shape index (κ2) is 5.43. The summed E-state index contributed by atoms with van der Waals surface area (Å²) in [4.78, 5) is 18.1. The topological polar surface area (TPSA) is 101 Å². The summed E-state index contributed by atoms with van der Waals surface area (Å²) in [5, 5.41) is 0.507. The van der Waals surface area contributed by atoms with E-state index < -0.39 is 21.8 Å². The number of aromatic amines is 1. The van der Waals surface area contributed by atoms with Gasteiger partial charge in [-0.25, -0.2) is 22.6 Å². The van der Waals surface area contributed by atoms with Crippen LogP contribution in [0.5, 0.6) is 0 Å². The molecule has 0 atom stereocenters. The van der Waals surface area contributed by atoms with Crippen LogP contribution in [0, 0.1) is 5.82 Å². The second-order valence-corrected chi connectivity index (χ2v) is 7.39. The van der Waals surface area contributed by atoms with E-state index in [1.165, 1.54) is 18.3 Å². The van der Waals surface area contributed by atoms with Crippen molar-refractivity contribution in [2.24, 2.45) is 0 Å². The zero-order valence-corrected chi connectivity index (χ0v) is 13.9. The molecule has 3 aromatic rings. The SMILES string of the molecule is O=C1OCc2cc(F)c(NS(=O)(=O)c3c[nH]c4nc(Cl)ccc34)cc21. The summed E-state index contributed by atoms with van der Waals surface area (Å²) in [6, 6.07) is 5.14. The fraction of sp³-hybridized carbons (Fsp3) is 0.0667. The normalized spacial score (nSPS) is 13.8. The largest absolute Gasteiger partial charge is 0.457 e. The van der Waals surface area contributed by atoms with Gasteiger partial charge in [0.2, 0.25) is 0 Å². The van der Waals surface area contributed by atoms with Gasteiger partial charge in [-0.15, -0.1) is 0 Å². The van der Waals surface area contributed by atoms with Crippen molar-refractivity contribution in [1.82, 2.24) is 9.97 Å². The molecule has 128 valence electrons. The van der Waals surface area contributed by atoms with Crippen LogP contribution in [-0.4, -0.2) is 24.4 Å². The monoisotopic (exact) mass is 381 g/mol. The van der Waals surface area contributed by atoms with E-state index in [1.807, 2.05) is 0 Å². The van der Waals surface area contributed by atoms with Crippen LogP contribution in [0.4, 0.5) is 10.1 Å². The highest BCUT2D eigenvalue weighted by atomic mass is 35.5. The highest BCUT2D eigenvalue weighted by Gasteiger charge is 2.26. The fourth-order valence-corrected chi connectivity index (χ4v) is 3.97. The summed E-state index contributed by atoms with van der Waals surface area (Å²) < 4.78 is 46.4. The summed E-state index contributed by atoms with van der Waals surface area (Å²) in [7, 11) is -4.12. The van der Waals surface area contributed by atoms with Crippen LogP contribution in [0.3, 0.4) is 0 Å². The van der Waals surface area contributed by atoms with Gasteiger partial charge >= 0.3 is 5.97 Å². The molecule has 10 heteroatoms. The van der Waals surface area contributed by atoms with E-state index in [9.17, 15) is 17.6 Å². The standard InChI is InChI=1S/C15H9ClFN3O4S/c16-13-2-1-8-12(5-18-14(8)19-13)25(22,23)20-11-4-9-7(3-10(11)17)6-24-15(9)21/h1-5,20H,6H2,(H,18,19). The third-order valence-electron chi connectivity index (χ3n) is 3.77. The number of H-pyrrole nitrogens is 1. The highest BCUT2D eigenvalue weighted by Crippen LogP contribution is 2.29. The molecule has 1 aliphatic heterocycles. The molecule has 0 radical (unpaired) electrons. The molecule has 0 saturated heterocycles. The molecule has 0 amide bonds. The van der Waals surface area contributed by atoms with Gasteiger partial charge in [0, 0.05) is 17.1 Å². The van der Waals surface area contributed by atoms with Gasteiger partial charge in [0.05, 0.1) is 11.3 Å². The molecule has 2 N–H and O–H groups in total. The van der Waals surface area contributed by atoms with Crippen LogP contribution in [-0.2, 0) is 21.4 Å². The van der Waals surface area contributed by atoms with E-state index in [0.717, 1.165) is 12.1 Å². The van der Waals surface area contributed by atoms with E-state index in [2.05, 4.69) is 14.7 Å². The first-order chi connectivity index (χ1) is 11.8.